The Kier molecular flexibility index (Phi) is 4.77. The monoisotopic (exact) mass is 312 g/mol. The Labute approximate surface area is 130 Å². The summed E-state index contributed by atoms with van der Waals surface area (Å²) < 4.78 is 21.2. The first-order valence-electron chi connectivity index (χ1n) is 7.26. The van der Waals surface area contributed by atoms with Gasteiger partial charge in [-0.3, -0.25) is 0 Å². The van der Waals surface area contributed by atoms with Gasteiger partial charge in [0.05, 0.1) is 18.1 Å². The fraction of sp³-hybridized carbons (Fsp3) is 0.562. The van der Waals surface area contributed by atoms with Gasteiger partial charge in [0.15, 0.2) is 11.6 Å². The smallest absolute Gasteiger partial charge is 0.167 e. The second kappa shape index (κ2) is 6.22. The van der Waals surface area contributed by atoms with Gasteiger partial charge in [-0.1, -0.05) is 13.3 Å². The Balaban J connectivity index is 2.71. The van der Waals surface area contributed by atoms with Crippen molar-refractivity contribution in [2.24, 2.45) is 0 Å². The van der Waals surface area contributed by atoms with Gasteiger partial charge in [0.2, 0.25) is 0 Å². The maximum Gasteiger partial charge on any atom is 0.167 e. The minimum absolute atomic E-state index is 0.103. The van der Waals surface area contributed by atoms with E-state index in [1.54, 1.807) is 6.07 Å². The number of aryl methyl sites for hydroxylation is 1. The van der Waals surface area contributed by atoms with Crippen LogP contribution in [0.25, 0.3) is 11.0 Å². The summed E-state index contributed by atoms with van der Waals surface area (Å²) in [5.41, 5.74) is 1.44. The molecule has 1 heterocycles. The Morgan fingerprint density at radius 2 is 2.10 bits per heavy atom. The molecule has 0 unspecified atom stereocenters. The van der Waals surface area contributed by atoms with Crippen LogP contribution in [0.4, 0.5) is 4.39 Å². The molecular weight excluding hydrogens is 291 g/mol. The SMILES string of the molecule is CCCC(C)(C)n1c(CCCl)nc2cc(F)c(OC)cc21. The number of aromatic nitrogens is 2. The average molecular weight is 313 g/mol. The highest BCUT2D eigenvalue weighted by molar-refractivity contribution is 6.17. The topological polar surface area (TPSA) is 27.1 Å². The minimum atomic E-state index is -0.389. The van der Waals surface area contributed by atoms with E-state index in [-0.39, 0.29) is 17.1 Å². The molecule has 0 saturated heterocycles. The number of rotatable bonds is 6. The molecule has 0 amide bonds. The van der Waals surface area contributed by atoms with Crippen LogP contribution in [-0.4, -0.2) is 22.5 Å². The lowest BCUT2D eigenvalue weighted by Gasteiger charge is -2.29. The van der Waals surface area contributed by atoms with E-state index in [9.17, 15) is 4.39 Å². The molecule has 0 radical (unpaired) electrons. The number of hydrogen-bond acceptors (Lipinski definition) is 2. The van der Waals surface area contributed by atoms with Gasteiger partial charge in [-0.15, -0.1) is 11.6 Å². The number of hydrogen-bond donors (Lipinski definition) is 0. The molecule has 0 aliphatic rings. The van der Waals surface area contributed by atoms with Crippen LogP contribution < -0.4 is 4.74 Å². The molecule has 0 aliphatic carbocycles. The van der Waals surface area contributed by atoms with E-state index in [4.69, 9.17) is 16.3 Å². The lowest BCUT2D eigenvalue weighted by molar-refractivity contribution is 0.323. The quantitative estimate of drug-likeness (QED) is 0.734. The highest BCUT2D eigenvalue weighted by Crippen LogP contribution is 2.32. The number of benzene rings is 1. The number of nitrogens with zero attached hydrogens (tertiary/aromatic N) is 2. The van der Waals surface area contributed by atoms with Crippen molar-refractivity contribution in [2.45, 2.75) is 45.6 Å². The second-order valence-electron chi connectivity index (χ2n) is 5.84. The standard InChI is InChI=1S/C16H22ClFN2O/c1-5-7-16(2,3)20-13-10-14(21-4)11(18)9-12(13)19-15(20)6-8-17/h9-10H,5-8H2,1-4H3. The van der Waals surface area contributed by atoms with Crippen molar-refractivity contribution in [3.63, 3.8) is 0 Å². The van der Waals surface area contributed by atoms with Gasteiger partial charge < -0.3 is 9.30 Å². The molecule has 2 rings (SSSR count). The lowest BCUT2D eigenvalue weighted by atomic mass is 9.97. The summed E-state index contributed by atoms with van der Waals surface area (Å²) >= 11 is 5.90. The first-order valence-corrected chi connectivity index (χ1v) is 7.79. The molecule has 3 nitrogen and oxygen atoms in total. The van der Waals surface area contributed by atoms with Crippen molar-refractivity contribution in [1.82, 2.24) is 9.55 Å². The van der Waals surface area contributed by atoms with Crippen molar-refractivity contribution < 1.29 is 9.13 Å². The number of methoxy groups -OCH3 is 1. The van der Waals surface area contributed by atoms with Crippen molar-refractivity contribution >= 4 is 22.6 Å². The van der Waals surface area contributed by atoms with Crippen LogP contribution in [0.3, 0.4) is 0 Å². The molecule has 1 aromatic heterocycles. The average Bonchev–Trinajstić information content (AvgIpc) is 2.75. The molecule has 0 aliphatic heterocycles. The molecule has 116 valence electrons. The highest BCUT2D eigenvalue weighted by Gasteiger charge is 2.26. The van der Waals surface area contributed by atoms with Crippen LogP contribution in [0, 0.1) is 5.82 Å². The van der Waals surface area contributed by atoms with Crippen LogP contribution in [0.5, 0.6) is 5.75 Å². The molecular formula is C16H22ClFN2O. The summed E-state index contributed by atoms with van der Waals surface area (Å²) in [6, 6.07) is 3.16. The van der Waals surface area contributed by atoms with Gasteiger partial charge in [0.1, 0.15) is 5.82 Å². The molecule has 0 saturated carbocycles. The molecule has 0 atom stereocenters. The Hall–Kier alpha value is -1.29. The van der Waals surface area contributed by atoms with Gasteiger partial charge in [-0.25, -0.2) is 9.37 Å². The Morgan fingerprint density at radius 1 is 1.38 bits per heavy atom. The summed E-state index contributed by atoms with van der Waals surface area (Å²) in [5, 5.41) is 0. The van der Waals surface area contributed by atoms with Crippen LogP contribution in [0.15, 0.2) is 12.1 Å². The van der Waals surface area contributed by atoms with E-state index in [0.717, 1.165) is 24.2 Å². The molecule has 5 heteroatoms. The molecule has 0 fully saturated rings. The fourth-order valence-electron chi connectivity index (χ4n) is 2.94. The highest BCUT2D eigenvalue weighted by atomic mass is 35.5. The predicted octanol–water partition coefficient (Wildman–Crippen LogP) is 4.50. The number of ether oxygens (including phenoxy) is 1. The summed E-state index contributed by atoms with van der Waals surface area (Å²) in [7, 11) is 1.47. The largest absolute Gasteiger partial charge is 0.494 e. The number of imidazole rings is 1. The van der Waals surface area contributed by atoms with Crippen molar-refractivity contribution in [2.75, 3.05) is 13.0 Å². The zero-order valence-electron chi connectivity index (χ0n) is 13.0. The van der Waals surface area contributed by atoms with E-state index in [2.05, 4.69) is 30.3 Å². The van der Waals surface area contributed by atoms with E-state index in [1.165, 1.54) is 13.2 Å². The Morgan fingerprint density at radius 3 is 2.67 bits per heavy atom. The van der Waals surface area contributed by atoms with Crippen LogP contribution >= 0.6 is 11.6 Å². The van der Waals surface area contributed by atoms with Crippen molar-refractivity contribution in [3.05, 3.63) is 23.8 Å². The number of halogens is 2. The fourth-order valence-corrected chi connectivity index (χ4v) is 3.11. The zero-order chi connectivity index (χ0) is 15.6. The molecule has 0 spiro atoms. The molecule has 1 aromatic carbocycles. The maximum atomic E-state index is 13.9. The van der Waals surface area contributed by atoms with E-state index in [1.807, 2.05) is 0 Å². The second-order valence-corrected chi connectivity index (χ2v) is 6.22. The third-order valence-corrected chi connectivity index (χ3v) is 3.97. The van der Waals surface area contributed by atoms with Crippen LogP contribution in [0.1, 0.15) is 39.4 Å². The summed E-state index contributed by atoms with van der Waals surface area (Å²) in [6.45, 7) is 6.50. The van der Waals surface area contributed by atoms with Crippen LogP contribution in [-0.2, 0) is 12.0 Å². The summed E-state index contributed by atoms with van der Waals surface area (Å²) in [4.78, 5) is 4.57. The lowest BCUT2D eigenvalue weighted by Crippen LogP contribution is -2.28. The van der Waals surface area contributed by atoms with Gasteiger partial charge in [-0.05, 0) is 20.3 Å². The summed E-state index contributed by atoms with van der Waals surface area (Å²) in [6.07, 6.45) is 2.73. The molecule has 21 heavy (non-hydrogen) atoms. The first-order chi connectivity index (χ1) is 9.94. The number of alkyl halides is 1. The van der Waals surface area contributed by atoms with Crippen molar-refractivity contribution in [3.8, 4) is 5.75 Å². The molecule has 0 N–H and O–H groups in total. The third-order valence-electron chi connectivity index (χ3n) is 3.78. The minimum Gasteiger partial charge on any atom is -0.494 e. The third kappa shape index (κ3) is 3.00. The number of fused-ring (bicyclic) bond motifs is 1. The molecule has 0 bridgehead atoms. The Bertz CT molecular complexity index is 637. The van der Waals surface area contributed by atoms with Gasteiger partial charge in [0.25, 0.3) is 0 Å². The van der Waals surface area contributed by atoms with Gasteiger partial charge in [-0.2, -0.15) is 0 Å². The van der Waals surface area contributed by atoms with Gasteiger partial charge in [0, 0.05) is 30.0 Å². The van der Waals surface area contributed by atoms with Crippen LogP contribution in [0.2, 0.25) is 0 Å². The first kappa shape index (κ1) is 16.1. The maximum absolute atomic E-state index is 13.9. The zero-order valence-corrected chi connectivity index (χ0v) is 13.8. The van der Waals surface area contributed by atoms with E-state index in [0.29, 0.717) is 17.8 Å². The van der Waals surface area contributed by atoms with E-state index >= 15 is 0 Å². The predicted molar refractivity (Wildman–Crippen MR) is 84.9 cm³/mol. The normalized spacial score (nSPS) is 12.1. The van der Waals surface area contributed by atoms with Crippen molar-refractivity contribution in [1.29, 1.82) is 0 Å². The molecule has 2 aromatic rings. The van der Waals surface area contributed by atoms with Gasteiger partial charge >= 0.3 is 0 Å². The summed E-state index contributed by atoms with van der Waals surface area (Å²) in [5.74, 6) is 1.24. The van der Waals surface area contributed by atoms with E-state index < -0.39 is 0 Å².